The zero-order valence-electron chi connectivity index (χ0n) is 14.4. The zero-order valence-corrected chi connectivity index (χ0v) is 15.2. The first kappa shape index (κ1) is 17.2. The first-order chi connectivity index (χ1) is 10.00. The summed E-state index contributed by atoms with van der Waals surface area (Å²) >= 11 is 6.00. The van der Waals surface area contributed by atoms with Gasteiger partial charge in [-0.1, -0.05) is 65.3 Å². The lowest BCUT2D eigenvalue weighted by molar-refractivity contribution is -0.127. The predicted octanol–water partition coefficient (Wildman–Crippen LogP) is 5.30. The highest BCUT2D eigenvalue weighted by molar-refractivity contribution is 6.30. The van der Waals surface area contributed by atoms with E-state index < -0.39 is 0 Å². The molecule has 2 unspecified atom stereocenters. The van der Waals surface area contributed by atoms with Crippen LogP contribution in [0.1, 0.15) is 59.4 Å². The number of carbonyl (C=O) groups is 1. The molecule has 120 valence electrons. The number of hydrogen-bond donors (Lipinski definition) is 0. The summed E-state index contributed by atoms with van der Waals surface area (Å²) in [5.74, 6) is 0.338. The Morgan fingerprint density at radius 2 is 1.64 bits per heavy atom. The van der Waals surface area contributed by atoms with Crippen LogP contribution in [0.25, 0.3) is 0 Å². The Hall–Kier alpha value is -1.15. The third-order valence-electron chi connectivity index (χ3n) is 4.26. The molecule has 2 nitrogen and oxygen atoms in total. The molecule has 2 rings (SSSR count). The second-order valence-corrected chi connectivity index (χ2v) is 8.68. The number of halogens is 1. The standard InChI is InChI=1S/C19H26ClNO/c1-18(2,3)15-11-14(12-7-9-13(20)10-8-12)16(21-15)17(22)19(4,5)6/h7-10,14,16H,11H2,1-6H3. The first-order valence-corrected chi connectivity index (χ1v) is 8.25. The van der Waals surface area contributed by atoms with Gasteiger partial charge in [0.2, 0.25) is 0 Å². The van der Waals surface area contributed by atoms with Gasteiger partial charge in [0.25, 0.3) is 0 Å². The Labute approximate surface area is 139 Å². The van der Waals surface area contributed by atoms with E-state index in [4.69, 9.17) is 16.6 Å². The summed E-state index contributed by atoms with van der Waals surface area (Å²) in [6.07, 6.45) is 0.845. The van der Waals surface area contributed by atoms with Crippen molar-refractivity contribution in [1.82, 2.24) is 0 Å². The second kappa shape index (κ2) is 5.81. The summed E-state index contributed by atoms with van der Waals surface area (Å²) in [7, 11) is 0. The lowest BCUT2D eigenvalue weighted by Crippen LogP contribution is -2.33. The first-order valence-electron chi connectivity index (χ1n) is 7.87. The van der Waals surface area contributed by atoms with Crippen LogP contribution in [0.2, 0.25) is 5.02 Å². The van der Waals surface area contributed by atoms with E-state index in [2.05, 4.69) is 20.8 Å². The predicted molar refractivity (Wildman–Crippen MR) is 94.0 cm³/mol. The Balaban J connectivity index is 2.40. The van der Waals surface area contributed by atoms with Crippen molar-refractivity contribution in [2.45, 2.75) is 59.9 Å². The molecular formula is C19H26ClNO. The number of nitrogens with zero attached hydrogens (tertiary/aromatic N) is 1. The van der Waals surface area contributed by atoms with Gasteiger partial charge in [0.15, 0.2) is 5.78 Å². The number of aliphatic imine (C=N–C) groups is 1. The van der Waals surface area contributed by atoms with E-state index in [1.54, 1.807) is 0 Å². The van der Waals surface area contributed by atoms with E-state index in [0.29, 0.717) is 0 Å². The van der Waals surface area contributed by atoms with Gasteiger partial charge < -0.3 is 0 Å². The lowest BCUT2D eigenvalue weighted by Gasteiger charge is -2.25. The number of rotatable bonds is 2. The Bertz CT molecular complexity index is 587. The molecule has 0 saturated heterocycles. The van der Waals surface area contributed by atoms with Crippen LogP contribution in [-0.2, 0) is 4.79 Å². The largest absolute Gasteiger partial charge is 0.297 e. The lowest BCUT2D eigenvalue weighted by atomic mass is 9.78. The van der Waals surface area contributed by atoms with E-state index in [0.717, 1.165) is 22.7 Å². The van der Waals surface area contributed by atoms with Crippen molar-refractivity contribution in [3.05, 3.63) is 34.9 Å². The molecule has 1 aliphatic rings. The molecule has 22 heavy (non-hydrogen) atoms. The molecule has 0 fully saturated rings. The summed E-state index contributed by atoms with van der Waals surface area (Å²) in [5.41, 5.74) is 1.90. The van der Waals surface area contributed by atoms with Gasteiger partial charge in [-0.25, -0.2) is 0 Å². The minimum Gasteiger partial charge on any atom is -0.297 e. The SMILES string of the molecule is CC(C)(C)C(=O)C1N=C(C(C)(C)C)CC1c1ccc(Cl)cc1. The second-order valence-electron chi connectivity index (χ2n) is 8.25. The highest BCUT2D eigenvalue weighted by Crippen LogP contribution is 2.40. The molecule has 0 saturated carbocycles. The molecule has 2 atom stereocenters. The average molecular weight is 320 g/mol. The van der Waals surface area contributed by atoms with Crippen molar-refractivity contribution in [3.8, 4) is 0 Å². The van der Waals surface area contributed by atoms with Crippen LogP contribution in [0.5, 0.6) is 0 Å². The third kappa shape index (κ3) is 3.60. The van der Waals surface area contributed by atoms with Crippen LogP contribution in [0.15, 0.2) is 29.3 Å². The average Bonchev–Trinajstić information content (AvgIpc) is 2.82. The van der Waals surface area contributed by atoms with Gasteiger partial charge >= 0.3 is 0 Å². The molecule has 1 heterocycles. The van der Waals surface area contributed by atoms with Crippen molar-refractivity contribution in [2.75, 3.05) is 0 Å². The van der Waals surface area contributed by atoms with Gasteiger partial charge in [-0.05, 0) is 29.5 Å². The summed E-state index contributed by atoms with van der Waals surface area (Å²) < 4.78 is 0. The number of Topliss-reactive ketones (excluding diaryl/α,β-unsaturated/α-hetero) is 1. The normalized spacial score (nSPS) is 22.6. The molecule has 1 aromatic carbocycles. The topological polar surface area (TPSA) is 29.4 Å². The Kier molecular flexibility index (Phi) is 4.54. The minimum atomic E-state index is -0.383. The molecule has 0 amide bonds. The molecule has 0 radical (unpaired) electrons. The third-order valence-corrected chi connectivity index (χ3v) is 4.51. The summed E-state index contributed by atoms with van der Waals surface area (Å²) in [4.78, 5) is 17.7. The van der Waals surface area contributed by atoms with E-state index in [1.807, 2.05) is 45.0 Å². The number of carbonyl (C=O) groups excluding carboxylic acids is 1. The summed E-state index contributed by atoms with van der Waals surface area (Å²) in [5, 5.41) is 0.720. The maximum atomic E-state index is 12.9. The molecule has 0 bridgehead atoms. The van der Waals surface area contributed by atoms with Gasteiger partial charge in [-0.3, -0.25) is 9.79 Å². The Morgan fingerprint density at radius 1 is 1.09 bits per heavy atom. The maximum absolute atomic E-state index is 12.9. The van der Waals surface area contributed by atoms with Crippen LogP contribution in [0, 0.1) is 10.8 Å². The molecule has 0 N–H and O–H groups in total. The van der Waals surface area contributed by atoms with Crippen molar-refractivity contribution < 1.29 is 4.79 Å². The summed E-state index contributed by atoms with van der Waals surface area (Å²) in [6, 6.07) is 7.55. The van der Waals surface area contributed by atoms with Crippen molar-refractivity contribution in [1.29, 1.82) is 0 Å². The van der Waals surface area contributed by atoms with Crippen molar-refractivity contribution in [3.63, 3.8) is 0 Å². The fourth-order valence-corrected chi connectivity index (χ4v) is 2.95. The van der Waals surface area contributed by atoms with Crippen LogP contribution in [-0.4, -0.2) is 17.5 Å². The van der Waals surface area contributed by atoms with Gasteiger partial charge in [0, 0.05) is 22.1 Å². The van der Waals surface area contributed by atoms with E-state index >= 15 is 0 Å². The van der Waals surface area contributed by atoms with E-state index in [1.165, 1.54) is 0 Å². The smallest absolute Gasteiger partial charge is 0.163 e. The molecule has 3 heteroatoms. The van der Waals surface area contributed by atoms with Crippen molar-refractivity contribution >= 4 is 23.1 Å². The van der Waals surface area contributed by atoms with Crippen LogP contribution in [0.4, 0.5) is 0 Å². The number of hydrogen-bond acceptors (Lipinski definition) is 2. The molecule has 0 spiro atoms. The van der Waals surface area contributed by atoms with E-state index in [9.17, 15) is 4.79 Å². The molecule has 1 aromatic rings. The maximum Gasteiger partial charge on any atom is 0.163 e. The quantitative estimate of drug-likeness (QED) is 0.727. The highest BCUT2D eigenvalue weighted by atomic mass is 35.5. The van der Waals surface area contributed by atoms with Crippen LogP contribution in [0.3, 0.4) is 0 Å². The molecule has 1 aliphatic heterocycles. The van der Waals surface area contributed by atoms with E-state index in [-0.39, 0.29) is 28.6 Å². The van der Waals surface area contributed by atoms with Crippen molar-refractivity contribution in [2.24, 2.45) is 15.8 Å². The van der Waals surface area contributed by atoms with Crippen LogP contribution >= 0.6 is 11.6 Å². The van der Waals surface area contributed by atoms with Gasteiger partial charge in [0.05, 0.1) is 0 Å². The molecule has 0 aromatic heterocycles. The van der Waals surface area contributed by atoms with Gasteiger partial charge in [0.1, 0.15) is 6.04 Å². The highest BCUT2D eigenvalue weighted by Gasteiger charge is 2.42. The van der Waals surface area contributed by atoms with Crippen LogP contribution < -0.4 is 0 Å². The fourth-order valence-electron chi connectivity index (χ4n) is 2.83. The van der Waals surface area contributed by atoms with Gasteiger partial charge in [-0.2, -0.15) is 0 Å². The Morgan fingerprint density at radius 3 is 2.09 bits per heavy atom. The number of ketones is 1. The zero-order chi connectivity index (χ0) is 16.7. The molecule has 0 aliphatic carbocycles. The summed E-state index contributed by atoms with van der Waals surface area (Å²) in [6.45, 7) is 12.4. The fraction of sp³-hybridized carbons (Fsp3) is 0.579. The number of benzene rings is 1. The molecular weight excluding hydrogens is 294 g/mol. The monoisotopic (exact) mass is 319 g/mol. The minimum absolute atomic E-state index is 0.00239. The van der Waals surface area contributed by atoms with Gasteiger partial charge in [-0.15, -0.1) is 0 Å².